The molecule has 1 aliphatic rings. The van der Waals surface area contributed by atoms with Gasteiger partial charge in [-0.3, -0.25) is 0 Å². The number of fused-ring (bicyclic) bond motifs is 1. The van der Waals surface area contributed by atoms with Gasteiger partial charge in [0.15, 0.2) is 11.5 Å². The third-order valence-corrected chi connectivity index (χ3v) is 3.34. The van der Waals surface area contributed by atoms with Crippen LogP contribution in [-0.2, 0) is 19.1 Å². The van der Waals surface area contributed by atoms with Crippen molar-refractivity contribution in [2.45, 2.75) is 6.42 Å². The second-order valence-electron chi connectivity index (χ2n) is 4.65. The van der Waals surface area contributed by atoms with Crippen LogP contribution in [0.2, 0.25) is 0 Å². The Morgan fingerprint density at radius 1 is 0.957 bits per heavy atom. The fourth-order valence-corrected chi connectivity index (χ4v) is 2.20. The largest absolute Gasteiger partial charge is 0.493 e. The SMILES string of the molecule is COC(=O)C1=Cc2cc(OC)c(OC)cc2N=C(C(=O)OC)C1. The van der Waals surface area contributed by atoms with E-state index in [0.717, 1.165) is 0 Å². The lowest BCUT2D eigenvalue weighted by Crippen LogP contribution is -2.18. The maximum Gasteiger partial charge on any atom is 0.352 e. The molecule has 23 heavy (non-hydrogen) atoms. The molecule has 1 aliphatic heterocycles. The molecular weight excluding hydrogens is 302 g/mol. The average Bonchev–Trinajstić information content (AvgIpc) is 2.77. The Hall–Kier alpha value is -2.83. The van der Waals surface area contributed by atoms with Gasteiger partial charge in [-0.15, -0.1) is 0 Å². The van der Waals surface area contributed by atoms with E-state index in [2.05, 4.69) is 4.99 Å². The summed E-state index contributed by atoms with van der Waals surface area (Å²) in [6.07, 6.45) is 1.63. The van der Waals surface area contributed by atoms with Crippen molar-refractivity contribution in [3.63, 3.8) is 0 Å². The molecule has 0 saturated heterocycles. The first-order valence-corrected chi connectivity index (χ1v) is 6.74. The lowest BCUT2D eigenvalue weighted by molar-refractivity contribution is -0.136. The van der Waals surface area contributed by atoms with Crippen molar-refractivity contribution in [3.8, 4) is 11.5 Å². The summed E-state index contributed by atoms with van der Waals surface area (Å²) in [5, 5.41) is 0. The fraction of sp³-hybridized carbons (Fsp3) is 0.312. The number of carbonyl (C=O) groups excluding carboxylic acids is 2. The van der Waals surface area contributed by atoms with Crippen LogP contribution >= 0.6 is 0 Å². The summed E-state index contributed by atoms with van der Waals surface area (Å²) in [6, 6.07) is 3.31. The van der Waals surface area contributed by atoms with Crippen LogP contribution in [0.15, 0.2) is 22.7 Å². The van der Waals surface area contributed by atoms with Crippen molar-refractivity contribution < 1.29 is 28.5 Å². The normalized spacial score (nSPS) is 13.0. The molecular formula is C16H17NO6. The maximum atomic E-state index is 11.9. The van der Waals surface area contributed by atoms with Crippen molar-refractivity contribution in [1.29, 1.82) is 0 Å². The second-order valence-corrected chi connectivity index (χ2v) is 4.65. The minimum absolute atomic E-state index is 0.0126. The van der Waals surface area contributed by atoms with Gasteiger partial charge in [-0.05, 0) is 12.1 Å². The van der Waals surface area contributed by atoms with E-state index in [9.17, 15) is 9.59 Å². The quantitative estimate of drug-likeness (QED) is 0.788. The van der Waals surface area contributed by atoms with Crippen LogP contribution < -0.4 is 9.47 Å². The Morgan fingerprint density at radius 2 is 1.57 bits per heavy atom. The van der Waals surface area contributed by atoms with Gasteiger partial charge in [0.2, 0.25) is 0 Å². The monoisotopic (exact) mass is 319 g/mol. The summed E-state index contributed by atoms with van der Waals surface area (Å²) in [5.41, 5.74) is 1.49. The molecule has 7 nitrogen and oxygen atoms in total. The number of esters is 2. The Labute approximate surface area is 133 Å². The number of hydrogen-bond acceptors (Lipinski definition) is 7. The van der Waals surface area contributed by atoms with E-state index < -0.39 is 11.9 Å². The van der Waals surface area contributed by atoms with Crippen LogP contribution in [0.1, 0.15) is 12.0 Å². The molecule has 2 rings (SSSR count). The highest BCUT2D eigenvalue weighted by Gasteiger charge is 2.24. The Bertz CT molecular complexity index is 646. The average molecular weight is 319 g/mol. The molecule has 7 heteroatoms. The molecule has 0 radical (unpaired) electrons. The van der Waals surface area contributed by atoms with Crippen LogP contribution in [0.5, 0.6) is 11.5 Å². The van der Waals surface area contributed by atoms with Crippen LogP contribution in [0.25, 0.3) is 6.08 Å². The Kier molecular flexibility index (Phi) is 5.00. The maximum absolute atomic E-state index is 11.9. The van der Waals surface area contributed by atoms with E-state index in [1.54, 1.807) is 18.2 Å². The number of nitrogens with zero attached hydrogens (tertiary/aromatic N) is 1. The molecule has 1 aromatic carbocycles. The number of benzene rings is 1. The minimum atomic E-state index is -0.609. The van der Waals surface area contributed by atoms with Gasteiger partial charge in [0.05, 0.1) is 34.1 Å². The van der Waals surface area contributed by atoms with Gasteiger partial charge in [0, 0.05) is 23.6 Å². The molecule has 0 bridgehead atoms. The van der Waals surface area contributed by atoms with Gasteiger partial charge in [-0.2, -0.15) is 0 Å². The van der Waals surface area contributed by atoms with E-state index in [4.69, 9.17) is 18.9 Å². The van der Waals surface area contributed by atoms with E-state index >= 15 is 0 Å². The zero-order valence-electron chi connectivity index (χ0n) is 13.3. The van der Waals surface area contributed by atoms with Crippen molar-refractivity contribution >= 4 is 29.4 Å². The van der Waals surface area contributed by atoms with Gasteiger partial charge in [-0.1, -0.05) is 0 Å². The summed E-state index contributed by atoms with van der Waals surface area (Å²) < 4.78 is 20.0. The number of ether oxygens (including phenoxy) is 4. The predicted octanol–water partition coefficient (Wildman–Crippen LogP) is 1.91. The first kappa shape index (κ1) is 16.5. The highest BCUT2D eigenvalue weighted by Crippen LogP contribution is 2.37. The second kappa shape index (κ2) is 6.95. The fourth-order valence-electron chi connectivity index (χ4n) is 2.20. The van der Waals surface area contributed by atoms with Gasteiger partial charge in [0.25, 0.3) is 0 Å². The molecule has 0 fully saturated rings. The van der Waals surface area contributed by atoms with Crippen LogP contribution in [-0.4, -0.2) is 46.1 Å². The number of aliphatic imine (C=N–C) groups is 1. The van der Waals surface area contributed by atoms with Gasteiger partial charge in [-0.25, -0.2) is 14.6 Å². The minimum Gasteiger partial charge on any atom is -0.493 e. The standard InChI is InChI=1S/C16H17NO6/c1-20-13-7-9-5-10(15(18)22-3)6-12(16(19)23-4)17-11(9)8-14(13)21-2/h5,7-8H,6H2,1-4H3. The number of hydrogen-bond donors (Lipinski definition) is 0. The lowest BCUT2D eigenvalue weighted by atomic mass is 10.1. The van der Waals surface area contributed by atoms with Gasteiger partial charge in [0.1, 0.15) is 5.71 Å². The topological polar surface area (TPSA) is 83.4 Å². The highest BCUT2D eigenvalue weighted by atomic mass is 16.5. The third kappa shape index (κ3) is 3.33. The number of carbonyl (C=O) groups is 2. The van der Waals surface area contributed by atoms with E-state index in [1.165, 1.54) is 28.4 Å². The lowest BCUT2D eigenvalue weighted by Gasteiger charge is -2.10. The van der Waals surface area contributed by atoms with Crippen molar-refractivity contribution in [2.24, 2.45) is 4.99 Å². The molecule has 0 spiro atoms. The van der Waals surface area contributed by atoms with Crippen molar-refractivity contribution in [3.05, 3.63) is 23.3 Å². The molecule has 0 amide bonds. The molecule has 0 saturated carbocycles. The Balaban J connectivity index is 2.66. The zero-order chi connectivity index (χ0) is 17.0. The zero-order valence-corrected chi connectivity index (χ0v) is 13.3. The third-order valence-electron chi connectivity index (χ3n) is 3.34. The summed E-state index contributed by atoms with van der Waals surface area (Å²) in [5.74, 6) is -0.191. The molecule has 1 heterocycles. The summed E-state index contributed by atoms with van der Waals surface area (Å²) in [6.45, 7) is 0. The molecule has 122 valence electrons. The van der Waals surface area contributed by atoms with E-state index in [0.29, 0.717) is 28.3 Å². The van der Waals surface area contributed by atoms with Crippen LogP contribution in [0, 0.1) is 0 Å². The Morgan fingerprint density at radius 3 is 2.13 bits per heavy atom. The molecule has 0 aliphatic carbocycles. The molecule has 0 unspecified atom stereocenters. The van der Waals surface area contributed by atoms with E-state index in [1.807, 2.05) is 0 Å². The highest BCUT2D eigenvalue weighted by molar-refractivity contribution is 6.38. The molecule has 0 aromatic heterocycles. The van der Waals surface area contributed by atoms with E-state index in [-0.39, 0.29) is 12.1 Å². The number of rotatable bonds is 4. The first-order chi connectivity index (χ1) is 11.0. The molecule has 0 N–H and O–H groups in total. The van der Waals surface area contributed by atoms with Crippen LogP contribution in [0.4, 0.5) is 5.69 Å². The first-order valence-electron chi connectivity index (χ1n) is 6.74. The molecule has 0 atom stereocenters. The summed E-state index contributed by atoms with van der Waals surface area (Å²) >= 11 is 0. The predicted molar refractivity (Wildman–Crippen MR) is 83.3 cm³/mol. The molecule has 1 aromatic rings. The summed E-state index contributed by atoms with van der Waals surface area (Å²) in [4.78, 5) is 28.1. The van der Waals surface area contributed by atoms with Crippen LogP contribution in [0.3, 0.4) is 0 Å². The number of methoxy groups -OCH3 is 4. The van der Waals surface area contributed by atoms with Gasteiger partial charge >= 0.3 is 11.9 Å². The summed E-state index contributed by atoms with van der Waals surface area (Å²) in [7, 11) is 5.54. The van der Waals surface area contributed by atoms with Gasteiger partial charge < -0.3 is 18.9 Å². The van der Waals surface area contributed by atoms with Crippen molar-refractivity contribution in [2.75, 3.05) is 28.4 Å². The van der Waals surface area contributed by atoms with Crippen molar-refractivity contribution in [1.82, 2.24) is 0 Å². The smallest absolute Gasteiger partial charge is 0.352 e.